The van der Waals surface area contributed by atoms with Gasteiger partial charge in [-0.25, -0.2) is 4.79 Å². The second kappa shape index (κ2) is 8.11. The van der Waals surface area contributed by atoms with Crippen LogP contribution in [0.4, 0.5) is 16.2 Å². The van der Waals surface area contributed by atoms with Gasteiger partial charge in [0.05, 0.1) is 5.69 Å². The Hall–Kier alpha value is -2.14. The number of carbonyl (C=O) groups is 1. The van der Waals surface area contributed by atoms with Gasteiger partial charge in [-0.2, -0.15) is 0 Å². The third-order valence-electron chi connectivity index (χ3n) is 3.92. The molecule has 2 aromatic carbocycles. The van der Waals surface area contributed by atoms with Crippen molar-refractivity contribution >= 4 is 39.2 Å². The summed E-state index contributed by atoms with van der Waals surface area (Å²) in [6.07, 6.45) is 4.11. The lowest BCUT2D eigenvalue weighted by molar-refractivity contribution is 0.259. The molecular formula is C19H20BrN3O. The maximum atomic E-state index is 12.9. The van der Waals surface area contributed by atoms with Crippen LogP contribution in [0.25, 0.3) is 0 Å². The summed E-state index contributed by atoms with van der Waals surface area (Å²) in [6.45, 7) is 0.779. The minimum Gasteiger partial charge on any atom is -0.307 e. The molecule has 0 aliphatic carbocycles. The summed E-state index contributed by atoms with van der Waals surface area (Å²) < 4.78 is 0.984. The maximum absolute atomic E-state index is 12.9. The molecule has 0 spiro atoms. The van der Waals surface area contributed by atoms with E-state index in [1.807, 2.05) is 54.6 Å². The Labute approximate surface area is 150 Å². The van der Waals surface area contributed by atoms with Crippen LogP contribution in [0.3, 0.4) is 0 Å². The van der Waals surface area contributed by atoms with Crippen LogP contribution < -0.4 is 10.2 Å². The number of nitrogens with zero attached hydrogens (tertiary/aromatic N) is 2. The van der Waals surface area contributed by atoms with Crippen LogP contribution in [-0.4, -0.2) is 18.4 Å². The molecule has 1 heterocycles. The molecule has 1 N–H and O–H groups in total. The van der Waals surface area contributed by atoms with Crippen LogP contribution in [-0.2, 0) is 0 Å². The lowest BCUT2D eigenvalue weighted by atomic mass is 10.2. The smallest absolute Gasteiger partial charge is 0.307 e. The third kappa shape index (κ3) is 4.23. The summed E-state index contributed by atoms with van der Waals surface area (Å²) in [4.78, 5) is 19.3. The molecule has 3 rings (SSSR count). The zero-order valence-corrected chi connectivity index (χ0v) is 15.0. The van der Waals surface area contributed by atoms with Gasteiger partial charge in [0.2, 0.25) is 0 Å². The van der Waals surface area contributed by atoms with E-state index >= 15 is 0 Å². The number of para-hydroxylation sites is 1. The third-order valence-corrected chi connectivity index (χ3v) is 4.45. The van der Waals surface area contributed by atoms with Gasteiger partial charge in [0, 0.05) is 23.1 Å². The number of amidine groups is 1. The summed E-state index contributed by atoms with van der Waals surface area (Å²) in [7, 11) is 0. The highest BCUT2D eigenvalue weighted by molar-refractivity contribution is 9.10. The molecule has 4 nitrogen and oxygen atoms in total. The van der Waals surface area contributed by atoms with Crippen LogP contribution in [0.2, 0.25) is 0 Å². The normalized spacial score (nSPS) is 14.5. The van der Waals surface area contributed by atoms with Crippen molar-refractivity contribution in [3.8, 4) is 0 Å². The molecule has 2 aromatic rings. The first-order chi connectivity index (χ1) is 11.7. The van der Waals surface area contributed by atoms with E-state index in [1.54, 1.807) is 4.90 Å². The van der Waals surface area contributed by atoms with E-state index in [-0.39, 0.29) is 6.03 Å². The summed E-state index contributed by atoms with van der Waals surface area (Å²) in [5.41, 5.74) is 1.60. The molecule has 0 saturated carbocycles. The fourth-order valence-corrected chi connectivity index (χ4v) is 2.98. The predicted octanol–water partition coefficient (Wildman–Crippen LogP) is 5.46. The highest BCUT2D eigenvalue weighted by Gasteiger charge is 2.22. The molecule has 0 saturated heterocycles. The van der Waals surface area contributed by atoms with Crippen molar-refractivity contribution < 1.29 is 4.79 Å². The SMILES string of the molecule is O=C(Nc1ccccc1)N(C1=NCCCCC1)c1ccc(Br)cc1. The van der Waals surface area contributed by atoms with Crippen molar-refractivity contribution in [1.82, 2.24) is 0 Å². The zero-order valence-electron chi connectivity index (χ0n) is 13.4. The first-order valence-corrected chi connectivity index (χ1v) is 8.98. The highest BCUT2D eigenvalue weighted by atomic mass is 79.9. The van der Waals surface area contributed by atoms with Gasteiger partial charge in [0.15, 0.2) is 0 Å². The first kappa shape index (κ1) is 16.7. The molecule has 0 fully saturated rings. The van der Waals surface area contributed by atoms with Crippen molar-refractivity contribution in [3.63, 3.8) is 0 Å². The molecule has 0 aromatic heterocycles. The van der Waals surface area contributed by atoms with Gasteiger partial charge in [-0.3, -0.25) is 9.89 Å². The number of benzene rings is 2. The van der Waals surface area contributed by atoms with E-state index in [1.165, 1.54) is 0 Å². The van der Waals surface area contributed by atoms with Crippen LogP contribution >= 0.6 is 15.9 Å². The summed E-state index contributed by atoms with van der Waals surface area (Å²) in [6, 6.07) is 17.1. The van der Waals surface area contributed by atoms with E-state index in [4.69, 9.17) is 0 Å². The summed E-state index contributed by atoms with van der Waals surface area (Å²) in [5, 5.41) is 2.97. The molecule has 0 unspecified atom stereocenters. The summed E-state index contributed by atoms with van der Waals surface area (Å²) in [5.74, 6) is 0.836. The number of urea groups is 1. The number of amides is 2. The van der Waals surface area contributed by atoms with Crippen molar-refractivity contribution in [2.24, 2.45) is 4.99 Å². The Kier molecular flexibility index (Phi) is 5.64. The Balaban J connectivity index is 1.90. The van der Waals surface area contributed by atoms with E-state index in [0.717, 1.165) is 53.9 Å². The lowest BCUT2D eigenvalue weighted by Gasteiger charge is -2.24. The molecule has 1 aliphatic heterocycles. The number of nitrogens with one attached hydrogen (secondary N) is 1. The second-order valence-electron chi connectivity index (χ2n) is 5.72. The Morgan fingerprint density at radius 2 is 1.75 bits per heavy atom. The van der Waals surface area contributed by atoms with Crippen LogP contribution in [0, 0.1) is 0 Å². The van der Waals surface area contributed by atoms with Gasteiger partial charge >= 0.3 is 6.03 Å². The molecule has 0 radical (unpaired) electrons. The largest absolute Gasteiger partial charge is 0.331 e. The van der Waals surface area contributed by atoms with Gasteiger partial charge in [-0.1, -0.05) is 40.5 Å². The molecule has 1 aliphatic rings. The van der Waals surface area contributed by atoms with Crippen molar-refractivity contribution in [1.29, 1.82) is 0 Å². The van der Waals surface area contributed by atoms with Crippen LogP contribution in [0.15, 0.2) is 64.1 Å². The van der Waals surface area contributed by atoms with Crippen molar-refractivity contribution in [2.75, 3.05) is 16.8 Å². The Bertz CT molecular complexity index is 713. The van der Waals surface area contributed by atoms with Gasteiger partial charge < -0.3 is 5.32 Å². The second-order valence-corrected chi connectivity index (χ2v) is 6.63. The van der Waals surface area contributed by atoms with E-state index in [0.29, 0.717) is 0 Å². The van der Waals surface area contributed by atoms with E-state index in [9.17, 15) is 4.79 Å². The Morgan fingerprint density at radius 1 is 1.00 bits per heavy atom. The molecule has 124 valence electrons. The minimum atomic E-state index is -0.177. The Morgan fingerprint density at radius 3 is 2.50 bits per heavy atom. The number of hydrogen-bond donors (Lipinski definition) is 1. The van der Waals surface area contributed by atoms with Gasteiger partial charge in [0.1, 0.15) is 5.84 Å². The van der Waals surface area contributed by atoms with Crippen LogP contribution in [0.5, 0.6) is 0 Å². The topological polar surface area (TPSA) is 44.7 Å². The number of halogens is 1. The molecule has 5 heteroatoms. The molecule has 0 bridgehead atoms. The average molecular weight is 386 g/mol. The zero-order chi connectivity index (χ0) is 16.8. The van der Waals surface area contributed by atoms with Crippen molar-refractivity contribution in [2.45, 2.75) is 25.7 Å². The standard InChI is InChI=1S/C19H20BrN3O/c20-15-10-12-17(13-11-15)23(18-9-5-2-6-14-21-18)19(24)22-16-7-3-1-4-8-16/h1,3-4,7-8,10-13H,2,5-6,9,14H2,(H,22,24). The predicted molar refractivity (Wildman–Crippen MR) is 103 cm³/mol. The monoisotopic (exact) mass is 385 g/mol. The van der Waals surface area contributed by atoms with E-state index in [2.05, 4.69) is 26.2 Å². The number of anilines is 2. The number of aliphatic imine (C=N–C) groups is 1. The van der Waals surface area contributed by atoms with Crippen molar-refractivity contribution in [3.05, 3.63) is 59.1 Å². The number of rotatable bonds is 2. The first-order valence-electron chi connectivity index (χ1n) is 8.19. The maximum Gasteiger partial charge on any atom is 0.331 e. The molecular weight excluding hydrogens is 366 g/mol. The summed E-state index contributed by atoms with van der Waals surface area (Å²) >= 11 is 3.44. The molecule has 2 amide bonds. The fraction of sp³-hybridized carbons (Fsp3) is 0.263. The van der Waals surface area contributed by atoms with Gasteiger partial charge in [-0.15, -0.1) is 0 Å². The number of hydrogen-bond acceptors (Lipinski definition) is 2. The molecule has 0 atom stereocenters. The molecule has 24 heavy (non-hydrogen) atoms. The quantitative estimate of drug-likeness (QED) is 0.732. The number of carbonyl (C=O) groups excluding carboxylic acids is 1. The highest BCUT2D eigenvalue weighted by Crippen LogP contribution is 2.23. The van der Waals surface area contributed by atoms with Crippen LogP contribution in [0.1, 0.15) is 25.7 Å². The average Bonchev–Trinajstić information content (AvgIpc) is 2.87. The lowest BCUT2D eigenvalue weighted by Crippen LogP contribution is -2.40. The van der Waals surface area contributed by atoms with Gasteiger partial charge in [0.25, 0.3) is 0 Å². The van der Waals surface area contributed by atoms with E-state index < -0.39 is 0 Å². The minimum absolute atomic E-state index is 0.177. The van der Waals surface area contributed by atoms with Gasteiger partial charge in [-0.05, 0) is 49.2 Å². The fourth-order valence-electron chi connectivity index (χ4n) is 2.72.